The van der Waals surface area contributed by atoms with Crippen molar-refractivity contribution in [1.29, 1.82) is 0 Å². The van der Waals surface area contributed by atoms with Crippen molar-refractivity contribution in [2.45, 2.75) is 51.9 Å². The third kappa shape index (κ3) is 6.92. The quantitative estimate of drug-likeness (QED) is 0.153. The minimum Gasteiger partial charge on any atom is -0.310 e. The van der Waals surface area contributed by atoms with E-state index in [9.17, 15) is 0 Å². The zero-order valence-corrected chi connectivity index (χ0v) is 41.6. The van der Waals surface area contributed by atoms with Gasteiger partial charge in [0.05, 0.1) is 22.7 Å². The Hall–Kier alpha value is -8.46. The molecule has 0 fully saturated rings. The largest absolute Gasteiger partial charge is 0.310 e. The summed E-state index contributed by atoms with van der Waals surface area (Å²) in [6.45, 7) is 11.8. The average Bonchev–Trinajstić information content (AvgIpc) is 3.42. The van der Waals surface area contributed by atoms with E-state index in [-0.39, 0.29) is 10.8 Å². The molecule has 13 rings (SSSR count). The maximum absolute atomic E-state index is 2.50. The normalized spacial score (nSPS) is 16.0. The predicted molar refractivity (Wildman–Crippen MR) is 308 cm³/mol. The van der Waals surface area contributed by atoms with Crippen LogP contribution in [0.4, 0.5) is 34.1 Å². The molecular formula is C70H56N2. The van der Waals surface area contributed by atoms with E-state index >= 15 is 0 Å². The van der Waals surface area contributed by atoms with Crippen molar-refractivity contribution >= 4 is 72.0 Å². The Balaban J connectivity index is 1.12. The van der Waals surface area contributed by atoms with E-state index in [1.807, 2.05) is 0 Å². The summed E-state index contributed by atoms with van der Waals surface area (Å²) in [5, 5.41) is 7.36. The van der Waals surface area contributed by atoms with Gasteiger partial charge >= 0.3 is 0 Å². The van der Waals surface area contributed by atoms with Crippen molar-refractivity contribution < 1.29 is 0 Å². The van der Waals surface area contributed by atoms with Crippen molar-refractivity contribution in [3.05, 3.63) is 270 Å². The van der Waals surface area contributed by atoms with E-state index in [0.29, 0.717) is 0 Å². The lowest BCUT2D eigenvalue weighted by Gasteiger charge is -2.42. The topological polar surface area (TPSA) is 6.48 Å². The Labute approximate surface area is 423 Å². The molecule has 0 N–H and O–H groups in total. The van der Waals surface area contributed by atoms with Gasteiger partial charge in [0, 0.05) is 22.2 Å². The standard InChI is InChI=1S/C70H56N2/c1-46(34-35-47-20-7-6-8-21-47)67-55-40-38-54(72-65-32-17-13-28-61(65)70(4,5)62-29-14-18-33-66(62)72)45-58(55)68(52-25-19-24-50(43-52)51-37-36-48-22-9-10-23-49(48)42-51)56-41-39-53(44-57(56)67)71-63-30-15-11-26-59(63)69(2,3)60-27-12-16-31-64(60)71/h6-20,22-45H,21H2,1-5H3/b46-34+,47-35-. The van der Waals surface area contributed by atoms with Crippen molar-refractivity contribution in [3.63, 3.8) is 0 Å². The van der Waals surface area contributed by atoms with Gasteiger partial charge in [0.2, 0.25) is 0 Å². The molecule has 3 aliphatic rings. The van der Waals surface area contributed by atoms with Crippen LogP contribution >= 0.6 is 0 Å². The van der Waals surface area contributed by atoms with Gasteiger partial charge in [-0.1, -0.05) is 204 Å². The molecule has 2 nitrogen and oxygen atoms in total. The predicted octanol–water partition coefficient (Wildman–Crippen LogP) is 19.5. The monoisotopic (exact) mass is 924 g/mol. The third-order valence-corrected chi connectivity index (χ3v) is 16.0. The molecule has 346 valence electrons. The number of benzene rings is 10. The molecule has 0 saturated carbocycles. The number of para-hydroxylation sites is 4. The van der Waals surface area contributed by atoms with Gasteiger partial charge in [-0.15, -0.1) is 0 Å². The molecule has 10 aromatic rings. The van der Waals surface area contributed by atoms with Gasteiger partial charge in [-0.05, 0) is 168 Å². The van der Waals surface area contributed by atoms with Gasteiger partial charge in [-0.3, -0.25) is 0 Å². The molecule has 72 heavy (non-hydrogen) atoms. The molecule has 10 aromatic carbocycles. The molecule has 0 aromatic heterocycles. The molecule has 2 heteroatoms. The van der Waals surface area contributed by atoms with Gasteiger partial charge in [-0.2, -0.15) is 0 Å². The van der Waals surface area contributed by atoms with Crippen molar-refractivity contribution in [2.24, 2.45) is 0 Å². The Morgan fingerprint density at radius 1 is 0.431 bits per heavy atom. The minimum absolute atomic E-state index is 0.163. The number of nitrogens with zero attached hydrogens (tertiary/aromatic N) is 2. The molecule has 0 atom stereocenters. The molecule has 0 spiro atoms. The van der Waals surface area contributed by atoms with E-state index in [1.54, 1.807) is 0 Å². The van der Waals surface area contributed by atoms with Crippen LogP contribution in [-0.4, -0.2) is 0 Å². The first kappa shape index (κ1) is 43.6. The zero-order chi connectivity index (χ0) is 48.7. The van der Waals surface area contributed by atoms with Gasteiger partial charge < -0.3 is 9.80 Å². The van der Waals surface area contributed by atoms with Gasteiger partial charge in [0.25, 0.3) is 0 Å². The molecule has 0 radical (unpaired) electrons. The fourth-order valence-corrected chi connectivity index (χ4v) is 12.3. The van der Waals surface area contributed by atoms with Crippen LogP contribution < -0.4 is 9.80 Å². The van der Waals surface area contributed by atoms with Crippen LogP contribution in [0.3, 0.4) is 0 Å². The number of anilines is 6. The summed E-state index contributed by atoms with van der Waals surface area (Å²) in [5.74, 6) is 0. The van der Waals surface area contributed by atoms with E-state index in [2.05, 4.69) is 281 Å². The second-order valence-corrected chi connectivity index (χ2v) is 20.9. The maximum Gasteiger partial charge on any atom is 0.0502 e. The van der Waals surface area contributed by atoms with Crippen LogP contribution in [0.5, 0.6) is 0 Å². The maximum atomic E-state index is 2.50. The molecule has 2 heterocycles. The second kappa shape index (κ2) is 16.9. The lowest BCUT2D eigenvalue weighted by atomic mass is 9.73. The van der Waals surface area contributed by atoms with Crippen molar-refractivity contribution in [1.82, 2.24) is 0 Å². The summed E-state index contributed by atoms with van der Waals surface area (Å²) in [6, 6.07) is 75.2. The van der Waals surface area contributed by atoms with Crippen LogP contribution in [0.25, 0.3) is 60.1 Å². The highest BCUT2D eigenvalue weighted by molar-refractivity contribution is 6.20. The molecule has 0 bridgehead atoms. The van der Waals surface area contributed by atoms with Crippen molar-refractivity contribution in [2.75, 3.05) is 9.80 Å². The van der Waals surface area contributed by atoms with Crippen LogP contribution in [0, 0.1) is 0 Å². The van der Waals surface area contributed by atoms with E-state index in [4.69, 9.17) is 0 Å². The number of rotatable bonds is 6. The smallest absolute Gasteiger partial charge is 0.0502 e. The van der Waals surface area contributed by atoms with Crippen LogP contribution in [0.15, 0.2) is 242 Å². The SMILES string of the molecule is C/C(=C\C=C1\C=CC=CC1)c1c2cc(N3c4ccccc4C(C)(C)c4ccccc43)ccc2c(-c2cccc(-c3ccc4ccccc4c3)c2)c2cc(N3c4ccccc4C(C)(C)c4ccccc43)ccc12. The minimum atomic E-state index is -0.166. The first-order chi connectivity index (χ1) is 35.1. The molecule has 0 unspecified atom stereocenters. The summed E-state index contributed by atoms with van der Waals surface area (Å²) in [7, 11) is 0. The summed E-state index contributed by atoms with van der Waals surface area (Å²) < 4.78 is 0. The Kier molecular flexibility index (Phi) is 10.2. The number of fused-ring (bicyclic) bond motifs is 7. The van der Waals surface area contributed by atoms with Crippen LogP contribution in [0.1, 0.15) is 68.9 Å². The summed E-state index contributed by atoms with van der Waals surface area (Å²) in [6.07, 6.45) is 14.3. The molecule has 0 saturated heterocycles. The lowest BCUT2D eigenvalue weighted by molar-refractivity contribution is 0.632. The highest BCUT2D eigenvalue weighted by Gasteiger charge is 2.38. The molecule has 1 aliphatic carbocycles. The average molecular weight is 925 g/mol. The van der Waals surface area contributed by atoms with E-state index in [0.717, 1.165) is 17.8 Å². The molecule has 2 aliphatic heterocycles. The van der Waals surface area contributed by atoms with Crippen LogP contribution in [-0.2, 0) is 10.8 Å². The van der Waals surface area contributed by atoms with Gasteiger partial charge in [0.15, 0.2) is 0 Å². The Morgan fingerprint density at radius 3 is 1.53 bits per heavy atom. The lowest BCUT2D eigenvalue weighted by Crippen LogP contribution is -2.30. The Bertz CT molecular complexity index is 3890. The highest BCUT2D eigenvalue weighted by Crippen LogP contribution is 2.55. The fraction of sp³-hybridized carbons (Fsp3) is 0.114. The number of hydrogen-bond acceptors (Lipinski definition) is 2. The first-order valence-electron chi connectivity index (χ1n) is 25.5. The summed E-state index contributed by atoms with van der Waals surface area (Å²) in [4.78, 5) is 5.00. The number of allylic oxidation sites excluding steroid dienone is 8. The van der Waals surface area contributed by atoms with E-state index in [1.165, 1.54) is 116 Å². The van der Waals surface area contributed by atoms with E-state index < -0.39 is 0 Å². The molecular weight excluding hydrogens is 869 g/mol. The van der Waals surface area contributed by atoms with Crippen LogP contribution in [0.2, 0.25) is 0 Å². The summed E-state index contributed by atoms with van der Waals surface area (Å²) >= 11 is 0. The molecule has 0 amide bonds. The summed E-state index contributed by atoms with van der Waals surface area (Å²) in [5.41, 5.74) is 20.7. The third-order valence-electron chi connectivity index (χ3n) is 16.0. The number of hydrogen-bond donors (Lipinski definition) is 0. The highest BCUT2D eigenvalue weighted by atomic mass is 15.2. The zero-order valence-electron chi connectivity index (χ0n) is 41.6. The van der Waals surface area contributed by atoms with Crippen molar-refractivity contribution in [3.8, 4) is 22.3 Å². The van der Waals surface area contributed by atoms with Gasteiger partial charge in [-0.25, -0.2) is 0 Å². The van der Waals surface area contributed by atoms with Gasteiger partial charge in [0.1, 0.15) is 0 Å². The first-order valence-corrected chi connectivity index (χ1v) is 25.5. The second-order valence-electron chi connectivity index (χ2n) is 20.9. The Morgan fingerprint density at radius 2 is 0.944 bits per heavy atom. The fourth-order valence-electron chi connectivity index (χ4n) is 12.3.